The first kappa shape index (κ1) is 14.0. The molecule has 1 saturated heterocycles. The molecule has 5 heteroatoms. The highest BCUT2D eigenvalue weighted by atomic mass is 16.6. The van der Waals surface area contributed by atoms with Crippen molar-refractivity contribution in [2.24, 2.45) is 11.7 Å². The average molecular weight is 263 g/mol. The van der Waals surface area contributed by atoms with Gasteiger partial charge in [0.2, 0.25) is 0 Å². The second-order valence-corrected chi connectivity index (χ2v) is 5.60. The molecule has 0 aliphatic carbocycles. The smallest absolute Gasteiger partial charge is 0.274 e. The molecule has 0 amide bonds. The second kappa shape index (κ2) is 5.67. The Morgan fingerprint density at radius 1 is 1.47 bits per heavy atom. The van der Waals surface area contributed by atoms with Crippen LogP contribution in [0.2, 0.25) is 0 Å². The first-order valence-electron chi connectivity index (χ1n) is 6.73. The average Bonchev–Trinajstić information content (AvgIpc) is 2.69. The van der Waals surface area contributed by atoms with Crippen LogP contribution >= 0.6 is 0 Å². The third kappa shape index (κ3) is 2.93. The highest BCUT2D eigenvalue weighted by molar-refractivity contribution is 5.43. The van der Waals surface area contributed by atoms with Crippen LogP contribution in [0.3, 0.4) is 0 Å². The summed E-state index contributed by atoms with van der Waals surface area (Å²) < 4.78 is 0. The van der Waals surface area contributed by atoms with E-state index in [0.717, 1.165) is 25.1 Å². The van der Waals surface area contributed by atoms with Crippen LogP contribution in [0, 0.1) is 16.0 Å². The summed E-state index contributed by atoms with van der Waals surface area (Å²) in [5.41, 5.74) is 7.11. The van der Waals surface area contributed by atoms with Crippen molar-refractivity contribution < 1.29 is 4.92 Å². The molecule has 1 fully saturated rings. The summed E-state index contributed by atoms with van der Waals surface area (Å²) in [6.07, 6.45) is 0.892. The van der Waals surface area contributed by atoms with E-state index < -0.39 is 0 Å². The van der Waals surface area contributed by atoms with Crippen LogP contribution in [0.1, 0.15) is 31.9 Å². The van der Waals surface area contributed by atoms with Crippen molar-refractivity contribution in [1.82, 2.24) is 4.90 Å². The summed E-state index contributed by atoms with van der Waals surface area (Å²) in [5, 5.41) is 11.2. The Hall–Kier alpha value is -1.46. The number of hydrogen-bond acceptors (Lipinski definition) is 4. The number of nitrogens with zero attached hydrogens (tertiary/aromatic N) is 2. The number of rotatable bonds is 4. The molecule has 2 atom stereocenters. The molecule has 0 saturated carbocycles. The quantitative estimate of drug-likeness (QED) is 0.668. The third-order valence-corrected chi connectivity index (χ3v) is 3.60. The van der Waals surface area contributed by atoms with E-state index in [4.69, 9.17) is 5.73 Å². The lowest BCUT2D eigenvalue weighted by Gasteiger charge is -2.28. The van der Waals surface area contributed by atoms with Gasteiger partial charge in [0.05, 0.1) is 11.0 Å². The maximum atomic E-state index is 11.2. The van der Waals surface area contributed by atoms with Crippen molar-refractivity contribution in [3.63, 3.8) is 0 Å². The minimum atomic E-state index is -0.312. The Balaban J connectivity index is 2.35. The Bertz CT molecular complexity index is 462. The minimum absolute atomic E-state index is 0.0279. The van der Waals surface area contributed by atoms with Crippen LogP contribution in [0.25, 0.3) is 0 Å². The van der Waals surface area contributed by atoms with Gasteiger partial charge in [0.15, 0.2) is 0 Å². The molecule has 2 N–H and O–H groups in total. The summed E-state index contributed by atoms with van der Waals surface area (Å²) in [4.78, 5) is 13.1. The Morgan fingerprint density at radius 2 is 2.16 bits per heavy atom. The van der Waals surface area contributed by atoms with Gasteiger partial charge in [-0.1, -0.05) is 32.0 Å². The Kier molecular flexibility index (Phi) is 4.17. The van der Waals surface area contributed by atoms with Gasteiger partial charge in [-0.15, -0.1) is 0 Å². The van der Waals surface area contributed by atoms with Crippen molar-refractivity contribution in [1.29, 1.82) is 0 Å². The summed E-state index contributed by atoms with van der Waals surface area (Å²) in [6, 6.07) is 6.88. The highest BCUT2D eigenvalue weighted by Crippen LogP contribution is 2.36. The van der Waals surface area contributed by atoms with Crippen LogP contribution in [-0.2, 0) is 0 Å². The van der Waals surface area contributed by atoms with Crippen molar-refractivity contribution >= 4 is 5.69 Å². The fourth-order valence-electron chi connectivity index (χ4n) is 2.89. The van der Waals surface area contributed by atoms with E-state index in [1.165, 1.54) is 0 Å². The molecule has 2 unspecified atom stereocenters. The predicted octanol–water partition coefficient (Wildman–Crippen LogP) is 2.32. The van der Waals surface area contributed by atoms with E-state index >= 15 is 0 Å². The van der Waals surface area contributed by atoms with Crippen LogP contribution in [0.5, 0.6) is 0 Å². The maximum absolute atomic E-state index is 11.2. The number of benzene rings is 1. The van der Waals surface area contributed by atoms with Crippen LogP contribution in [-0.4, -0.2) is 29.0 Å². The molecule has 0 spiro atoms. The van der Waals surface area contributed by atoms with Crippen LogP contribution < -0.4 is 5.73 Å². The summed E-state index contributed by atoms with van der Waals surface area (Å²) in [7, 11) is 0. The number of nitro groups is 1. The Labute approximate surface area is 113 Å². The summed E-state index contributed by atoms with van der Waals surface area (Å²) >= 11 is 0. The number of nitrogens with two attached hydrogens (primary N) is 1. The first-order valence-corrected chi connectivity index (χ1v) is 6.73. The SMILES string of the molecule is CC(C)CN1CCC(N)C1c1ccccc1[N+](=O)[O-]. The predicted molar refractivity (Wildman–Crippen MR) is 74.8 cm³/mol. The van der Waals surface area contributed by atoms with Crippen LogP contribution in [0.4, 0.5) is 5.69 Å². The fourth-order valence-corrected chi connectivity index (χ4v) is 2.89. The van der Waals surface area contributed by atoms with Gasteiger partial charge in [0.25, 0.3) is 5.69 Å². The zero-order chi connectivity index (χ0) is 14.0. The molecule has 2 rings (SSSR count). The Morgan fingerprint density at radius 3 is 2.79 bits per heavy atom. The zero-order valence-electron chi connectivity index (χ0n) is 11.5. The van der Waals surface area contributed by atoms with Gasteiger partial charge in [0.1, 0.15) is 0 Å². The van der Waals surface area contributed by atoms with Gasteiger partial charge in [-0.05, 0) is 12.3 Å². The molecule has 1 aromatic carbocycles. The molecule has 1 aliphatic heterocycles. The van der Waals surface area contributed by atoms with Gasteiger partial charge < -0.3 is 5.73 Å². The second-order valence-electron chi connectivity index (χ2n) is 5.60. The van der Waals surface area contributed by atoms with Gasteiger partial charge in [-0.25, -0.2) is 0 Å². The molecule has 0 bridgehead atoms. The van der Waals surface area contributed by atoms with Gasteiger partial charge in [-0.2, -0.15) is 0 Å². The molecule has 104 valence electrons. The molecular weight excluding hydrogens is 242 g/mol. The van der Waals surface area contributed by atoms with Crippen LogP contribution in [0.15, 0.2) is 24.3 Å². The lowest BCUT2D eigenvalue weighted by Crippen LogP contribution is -2.34. The minimum Gasteiger partial charge on any atom is -0.326 e. The standard InChI is InChI=1S/C14H21N3O2/c1-10(2)9-16-8-7-12(15)14(16)11-5-3-4-6-13(11)17(18)19/h3-6,10,12,14H,7-9,15H2,1-2H3. The van der Waals surface area contributed by atoms with E-state index in [1.54, 1.807) is 12.1 Å². The van der Waals surface area contributed by atoms with Gasteiger partial charge in [-0.3, -0.25) is 15.0 Å². The molecule has 1 heterocycles. The van der Waals surface area contributed by atoms with E-state index in [0.29, 0.717) is 5.92 Å². The fraction of sp³-hybridized carbons (Fsp3) is 0.571. The summed E-state index contributed by atoms with van der Waals surface area (Å²) in [5.74, 6) is 0.524. The van der Waals surface area contributed by atoms with Gasteiger partial charge >= 0.3 is 0 Å². The molecular formula is C14H21N3O2. The lowest BCUT2D eigenvalue weighted by molar-refractivity contribution is -0.386. The number of nitro benzene ring substituents is 1. The first-order chi connectivity index (χ1) is 9.00. The summed E-state index contributed by atoms with van der Waals surface area (Å²) in [6.45, 7) is 6.14. The van der Waals surface area contributed by atoms with E-state index in [2.05, 4.69) is 18.7 Å². The molecule has 5 nitrogen and oxygen atoms in total. The van der Waals surface area contributed by atoms with E-state index in [9.17, 15) is 10.1 Å². The monoisotopic (exact) mass is 263 g/mol. The largest absolute Gasteiger partial charge is 0.326 e. The lowest BCUT2D eigenvalue weighted by atomic mass is 9.98. The molecule has 1 aromatic rings. The molecule has 19 heavy (non-hydrogen) atoms. The molecule has 1 aliphatic rings. The zero-order valence-corrected chi connectivity index (χ0v) is 11.5. The van der Waals surface area contributed by atoms with Crippen molar-refractivity contribution in [2.75, 3.05) is 13.1 Å². The highest BCUT2D eigenvalue weighted by Gasteiger charge is 2.36. The van der Waals surface area contributed by atoms with Gasteiger partial charge in [0, 0.05) is 30.8 Å². The molecule has 0 aromatic heterocycles. The molecule has 0 radical (unpaired) electrons. The number of likely N-dealkylation sites (tertiary alicyclic amines) is 1. The van der Waals surface area contributed by atoms with Crippen molar-refractivity contribution in [2.45, 2.75) is 32.4 Å². The number of hydrogen-bond donors (Lipinski definition) is 1. The maximum Gasteiger partial charge on any atom is 0.274 e. The number of para-hydroxylation sites is 1. The van der Waals surface area contributed by atoms with Crippen molar-refractivity contribution in [3.05, 3.63) is 39.9 Å². The third-order valence-electron chi connectivity index (χ3n) is 3.60. The topological polar surface area (TPSA) is 72.4 Å². The van der Waals surface area contributed by atoms with E-state index in [1.807, 2.05) is 12.1 Å². The normalized spacial score (nSPS) is 24.0. The van der Waals surface area contributed by atoms with Crippen molar-refractivity contribution in [3.8, 4) is 0 Å². The van der Waals surface area contributed by atoms with E-state index in [-0.39, 0.29) is 22.7 Å².